The number of carbonyl (C=O) groups is 1. The second-order valence-electron chi connectivity index (χ2n) is 6.49. The summed E-state index contributed by atoms with van der Waals surface area (Å²) >= 11 is 8.97. The zero-order valence-electron chi connectivity index (χ0n) is 18.0. The number of nitrogens with one attached hydrogen (secondary N) is 1. The van der Waals surface area contributed by atoms with Crippen LogP contribution >= 0.6 is 34.9 Å². The van der Waals surface area contributed by atoms with Gasteiger partial charge in [0.15, 0.2) is 11.7 Å². The van der Waals surface area contributed by atoms with E-state index in [0.29, 0.717) is 15.9 Å². The summed E-state index contributed by atoms with van der Waals surface area (Å²) in [5.74, 6) is 0.326. The van der Waals surface area contributed by atoms with Gasteiger partial charge in [0.05, 0.1) is 18.9 Å². The lowest BCUT2D eigenvalue weighted by atomic mass is 10.2. The number of halogens is 1. The quantitative estimate of drug-likeness (QED) is 0.418. The molecule has 0 radical (unpaired) electrons. The molecule has 0 unspecified atom stereocenters. The van der Waals surface area contributed by atoms with Crippen LogP contribution in [0, 0.1) is 0 Å². The Bertz CT molecular complexity index is 975. The maximum atomic E-state index is 12.1. The van der Waals surface area contributed by atoms with E-state index in [1.165, 1.54) is 16.2 Å². The normalized spacial score (nSPS) is 13.7. The topological polar surface area (TPSA) is 63.7 Å². The predicted octanol–water partition coefficient (Wildman–Crippen LogP) is 5.85. The van der Waals surface area contributed by atoms with Gasteiger partial charge in [0.25, 0.3) is 5.91 Å². The number of carbonyl (C=O) groups excluding carboxylic acids is 1. The Hall–Kier alpha value is -2.10. The number of rotatable bonds is 7. The van der Waals surface area contributed by atoms with Gasteiger partial charge in [-0.15, -0.1) is 11.3 Å². The molecule has 1 aliphatic rings. The molecule has 0 bridgehead atoms. The molecule has 2 aromatic carbocycles. The van der Waals surface area contributed by atoms with Crippen LogP contribution in [0.4, 0.5) is 5.13 Å². The average molecular weight is 492 g/mol. The number of thiazole rings is 1. The van der Waals surface area contributed by atoms with Crippen LogP contribution in [0.1, 0.15) is 13.8 Å². The molecule has 1 N–H and O–H groups in total. The van der Waals surface area contributed by atoms with Crippen LogP contribution in [0.2, 0.25) is 5.02 Å². The van der Waals surface area contributed by atoms with Crippen molar-refractivity contribution in [1.29, 1.82) is 0 Å². The van der Waals surface area contributed by atoms with E-state index in [-0.39, 0.29) is 12.5 Å². The first-order valence-electron chi connectivity index (χ1n) is 10.4. The van der Waals surface area contributed by atoms with E-state index in [0.717, 1.165) is 37.6 Å². The summed E-state index contributed by atoms with van der Waals surface area (Å²) in [6, 6.07) is 15.1. The minimum absolute atomic E-state index is 0.0932. The molecule has 0 atom stereocenters. The summed E-state index contributed by atoms with van der Waals surface area (Å²) in [6.45, 7) is 7.34. The van der Waals surface area contributed by atoms with Crippen molar-refractivity contribution in [3.63, 3.8) is 0 Å². The molecule has 1 aromatic heterocycles. The molecule has 1 fully saturated rings. The van der Waals surface area contributed by atoms with Crippen molar-refractivity contribution >= 4 is 45.9 Å². The SMILES string of the molecule is CC.O=C(COc1ccc(Cl)cc1)Nc1nc(-c2ccc(SN3CCOCC3)cc2)cs1. The zero-order valence-corrected chi connectivity index (χ0v) is 20.4. The molecular formula is C23H26ClN3O3S2. The minimum Gasteiger partial charge on any atom is -0.484 e. The average Bonchev–Trinajstić information content (AvgIpc) is 3.29. The van der Waals surface area contributed by atoms with E-state index in [1.54, 1.807) is 36.2 Å². The second kappa shape index (κ2) is 12.8. The lowest BCUT2D eigenvalue weighted by molar-refractivity contribution is -0.118. The molecule has 0 aliphatic carbocycles. The highest BCUT2D eigenvalue weighted by Gasteiger charge is 2.13. The molecule has 1 saturated heterocycles. The van der Waals surface area contributed by atoms with Gasteiger partial charge in [-0.2, -0.15) is 0 Å². The number of hydrogen-bond acceptors (Lipinski definition) is 7. The molecule has 9 heteroatoms. The van der Waals surface area contributed by atoms with Crippen LogP contribution in [0.5, 0.6) is 5.75 Å². The highest BCUT2D eigenvalue weighted by Crippen LogP contribution is 2.29. The molecule has 0 saturated carbocycles. The maximum absolute atomic E-state index is 12.1. The van der Waals surface area contributed by atoms with Crippen molar-refractivity contribution < 1.29 is 14.3 Å². The summed E-state index contributed by atoms with van der Waals surface area (Å²) in [5.41, 5.74) is 1.84. The van der Waals surface area contributed by atoms with Gasteiger partial charge in [0.1, 0.15) is 5.75 Å². The smallest absolute Gasteiger partial charge is 0.264 e. The molecule has 2 heterocycles. The van der Waals surface area contributed by atoms with Crippen LogP contribution in [-0.2, 0) is 9.53 Å². The lowest BCUT2D eigenvalue weighted by Gasteiger charge is -2.25. The fourth-order valence-corrected chi connectivity index (χ4v) is 4.52. The van der Waals surface area contributed by atoms with E-state index >= 15 is 0 Å². The van der Waals surface area contributed by atoms with Gasteiger partial charge in [0.2, 0.25) is 0 Å². The second-order valence-corrected chi connectivity index (χ2v) is 8.95. The first-order chi connectivity index (χ1) is 15.7. The van der Waals surface area contributed by atoms with Crippen LogP contribution in [0.25, 0.3) is 11.3 Å². The number of aromatic nitrogens is 1. The molecule has 0 spiro atoms. The Balaban J connectivity index is 0.00000141. The monoisotopic (exact) mass is 491 g/mol. The summed E-state index contributed by atoms with van der Waals surface area (Å²) < 4.78 is 13.1. The highest BCUT2D eigenvalue weighted by atomic mass is 35.5. The summed E-state index contributed by atoms with van der Waals surface area (Å²) in [4.78, 5) is 17.8. The van der Waals surface area contributed by atoms with E-state index in [9.17, 15) is 4.79 Å². The van der Waals surface area contributed by atoms with Crippen molar-refractivity contribution in [3.05, 3.63) is 58.9 Å². The first kappa shape index (κ1) is 24.5. The molecule has 32 heavy (non-hydrogen) atoms. The summed E-state index contributed by atoms with van der Waals surface area (Å²) in [6.07, 6.45) is 0. The zero-order chi connectivity index (χ0) is 22.8. The Morgan fingerprint density at radius 1 is 1.16 bits per heavy atom. The number of benzene rings is 2. The van der Waals surface area contributed by atoms with Crippen LogP contribution in [0.15, 0.2) is 58.8 Å². The summed E-state index contributed by atoms with van der Waals surface area (Å²) in [7, 11) is 0. The van der Waals surface area contributed by atoms with Gasteiger partial charge in [-0.1, -0.05) is 37.6 Å². The number of amides is 1. The predicted molar refractivity (Wildman–Crippen MR) is 133 cm³/mol. The first-order valence-corrected chi connectivity index (χ1v) is 12.4. The van der Waals surface area contributed by atoms with Gasteiger partial charge in [0, 0.05) is 34.0 Å². The molecule has 170 valence electrons. The largest absolute Gasteiger partial charge is 0.484 e. The fraction of sp³-hybridized carbons (Fsp3) is 0.304. The standard InChI is InChI=1S/C21H20ClN3O3S2.C2H6/c22-16-3-5-17(6-4-16)28-13-20(26)24-21-23-19(14-29-21)15-1-7-18(8-2-15)30-25-9-11-27-12-10-25;1-2/h1-8,14H,9-13H2,(H,23,24,26);1-2H3. The van der Waals surface area contributed by atoms with Crippen LogP contribution < -0.4 is 10.1 Å². The Labute approximate surface area is 202 Å². The molecule has 1 amide bonds. The molecule has 6 nitrogen and oxygen atoms in total. The highest BCUT2D eigenvalue weighted by molar-refractivity contribution is 7.97. The van der Waals surface area contributed by atoms with Crippen molar-refractivity contribution in [2.45, 2.75) is 18.7 Å². The lowest BCUT2D eigenvalue weighted by Crippen LogP contribution is -2.30. The van der Waals surface area contributed by atoms with Gasteiger partial charge < -0.3 is 9.47 Å². The van der Waals surface area contributed by atoms with Crippen molar-refractivity contribution in [1.82, 2.24) is 9.29 Å². The van der Waals surface area contributed by atoms with Crippen LogP contribution in [-0.4, -0.2) is 48.1 Å². The van der Waals surface area contributed by atoms with Crippen molar-refractivity contribution in [3.8, 4) is 17.0 Å². The third-order valence-corrected chi connectivity index (χ3v) is 6.40. The summed E-state index contributed by atoms with van der Waals surface area (Å²) in [5, 5.41) is 5.87. The van der Waals surface area contributed by atoms with Gasteiger partial charge >= 0.3 is 0 Å². The molecule has 3 aromatic rings. The van der Waals surface area contributed by atoms with Crippen molar-refractivity contribution in [2.75, 3.05) is 38.2 Å². The number of anilines is 1. The van der Waals surface area contributed by atoms with Gasteiger partial charge in [-0.25, -0.2) is 9.29 Å². The number of hydrogen-bond donors (Lipinski definition) is 1. The van der Waals surface area contributed by atoms with E-state index in [2.05, 4.69) is 26.7 Å². The maximum Gasteiger partial charge on any atom is 0.264 e. The third kappa shape index (κ3) is 7.50. The number of morpholine rings is 1. The van der Waals surface area contributed by atoms with Gasteiger partial charge in [-0.05, 0) is 48.3 Å². The molecular weight excluding hydrogens is 466 g/mol. The minimum atomic E-state index is -0.261. The van der Waals surface area contributed by atoms with Crippen LogP contribution in [0.3, 0.4) is 0 Å². The number of nitrogens with zero attached hydrogens (tertiary/aromatic N) is 2. The number of ether oxygens (including phenoxy) is 2. The fourth-order valence-electron chi connectivity index (χ4n) is 2.77. The Morgan fingerprint density at radius 2 is 1.84 bits per heavy atom. The van der Waals surface area contributed by atoms with E-state index in [4.69, 9.17) is 21.1 Å². The molecule has 4 rings (SSSR count). The Kier molecular flexibility index (Phi) is 9.83. The molecule has 1 aliphatic heterocycles. The van der Waals surface area contributed by atoms with Gasteiger partial charge in [-0.3, -0.25) is 10.1 Å². The van der Waals surface area contributed by atoms with Crippen molar-refractivity contribution in [2.24, 2.45) is 0 Å². The van der Waals surface area contributed by atoms with E-state index < -0.39 is 0 Å². The third-order valence-electron chi connectivity index (χ3n) is 4.29. The Morgan fingerprint density at radius 3 is 2.53 bits per heavy atom. The van der Waals surface area contributed by atoms with E-state index in [1.807, 2.05) is 31.4 Å².